The van der Waals surface area contributed by atoms with Crippen LogP contribution < -0.4 is 5.43 Å². The van der Waals surface area contributed by atoms with Crippen molar-refractivity contribution in [3.05, 3.63) is 29.8 Å². The van der Waals surface area contributed by atoms with Gasteiger partial charge in [0.15, 0.2) is 0 Å². The number of rotatable bonds is 3. The molecule has 1 aromatic carbocycles. The van der Waals surface area contributed by atoms with Crippen LogP contribution in [0.5, 0.6) is 5.75 Å². The van der Waals surface area contributed by atoms with Crippen LogP contribution in [0.15, 0.2) is 29.4 Å². The molecule has 0 unspecified atom stereocenters. The molecular weight excluding hydrogens is 252 g/mol. The summed E-state index contributed by atoms with van der Waals surface area (Å²) in [5, 5.41) is 13.2. The number of phenolic OH excluding ortho intramolecular Hbond substituents is 1. The maximum Gasteiger partial charge on any atom is 0.244 e. The van der Waals surface area contributed by atoms with E-state index in [1.165, 1.54) is 19.3 Å². The lowest BCUT2D eigenvalue weighted by Gasteiger charge is -2.15. The van der Waals surface area contributed by atoms with E-state index in [9.17, 15) is 9.90 Å². The van der Waals surface area contributed by atoms with Crippen LogP contribution in [0.3, 0.4) is 0 Å². The third kappa shape index (κ3) is 2.30. The summed E-state index contributed by atoms with van der Waals surface area (Å²) in [6.07, 6.45) is 6.44. The molecule has 2 saturated carbocycles. The molecule has 0 aliphatic heterocycles. The van der Waals surface area contributed by atoms with Gasteiger partial charge in [-0.05, 0) is 54.0 Å². The van der Waals surface area contributed by atoms with Crippen LogP contribution >= 0.6 is 0 Å². The topological polar surface area (TPSA) is 61.7 Å². The predicted molar refractivity (Wildman–Crippen MR) is 77.4 cm³/mol. The number of nitrogens with zero attached hydrogens (tertiary/aromatic N) is 1. The van der Waals surface area contributed by atoms with E-state index in [2.05, 4.69) is 17.5 Å². The van der Waals surface area contributed by atoms with Crippen molar-refractivity contribution < 1.29 is 9.90 Å². The lowest BCUT2D eigenvalue weighted by Crippen LogP contribution is -2.22. The number of hydrazone groups is 1. The van der Waals surface area contributed by atoms with Crippen molar-refractivity contribution in [2.45, 2.75) is 32.6 Å². The molecule has 3 rings (SSSR count). The van der Waals surface area contributed by atoms with E-state index in [0.29, 0.717) is 5.92 Å². The molecule has 20 heavy (non-hydrogen) atoms. The first kappa shape index (κ1) is 13.2. The highest BCUT2D eigenvalue weighted by Gasteiger charge is 2.64. The molecule has 0 bridgehead atoms. The average molecular weight is 272 g/mol. The molecule has 106 valence electrons. The number of carbonyl (C=O) groups is 1. The van der Waals surface area contributed by atoms with E-state index in [-0.39, 0.29) is 23.0 Å². The van der Waals surface area contributed by atoms with Crippen LogP contribution in [-0.4, -0.2) is 17.2 Å². The zero-order valence-corrected chi connectivity index (χ0v) is 11.7. The van der Waals surface area contributed by atoms with Gasteiger partial charge >= 0.3 is 0 Å². The summed E-state index contributed by atoms with van der Waals surface area (Å²) in [6.45, 7) is 2.23. The Kier molecular flexibility index (Phi) is 3.24. The maximum absolute atomic E-state index is 12.2. The summed E-state index contributed by atoms with van der Waals surface area (Å²) < 4.78 is 0. The summed E-state index contributed by atoms with van der Waals surface area (Å²) in [7, 11) is 0. The first-order chi connectivity index (χ1) is 9.61. The van der Waals surface area contributed by atoms with Gasteiger partial charge in [0.25, 0.3) is 0 Å². The first-order valence-corrected chi connectivity index (χ1v) is 7.23. The van der Waals surface area contributed by atoms with E-state index in [4.69, 9.17) is 0 Å². The number of amides is 1. The van der Waals surface area contributed by atoms with Crippen LogP contribution in [0.2, 0.25) is 0 Å². The largest absolute Gasteiger partial charge is 0.508 e. The maximum atomic E-state index is 12.2. The Labute approximate surface area is 118 Å². The van der Waals surface area contributed by atoms with E-state index in [1.54, 1.807) is 30.5 Å². The molecule has 0 radical (unpaired) electrons. The van der Waals surface area contributed by atoms with E-state index < -0.39 is 0 Å². The molecule has 0 saturated heterocycles. The van der Waals surface area contributed by atoms with Crippen molar-refractivity contribution in [2.24, 2.45) is 22.4 Å². The monoisotopic (exact) mass is 272 g/mol. The number of phenols is 1. The van der Waals surface area contributed by atoms with Gasteiger partial charge in [-0.15, -0.1) is 0 Å². The van der Waals surface area contributed by atoms with Crippen molar-refractivity contribution in [1.82, 2.24) is 5.43 Å². The summed E-state index contributed by atoms with van der Waals surface area (Å²) in [5.41, 5.74) is 3.73. The Morgan fingerprint density at radius 3 is 2.80 bits per heavy atom. The third-order valence-corrected chi connectivity index (χ3v) is 4.90. The zero-order valence-electron chi connectivity index (χ0n) is 11.7. The fraction of sp³-hybridized carbons (Fsp3) is 0.500. The second kappa shape index (κ2) is 4.93. The minimum absolute atomic E-state index is 0.0504. The smallest absolute Gasteiger partial charge is 0.244 e. The summed E-state index contributed by atoms with van der Waals surface area (Å²) in [4.78, 5) is 12.2. The van der Waals surface area contributed by atoms with E-state index in [0.717, 1.165) is 12.0 Å². The van der Waals surface area contributed by atoms with E-state index >= 15 is 0 Å². The number of nitrogens with one attached hydrogen (secondary N) is 1. The van der Waals surface area contributed by atoms with Crippen LogP contribution in [0.4, 0.5) is 0 Å². The number of carbonyl (C=O) groups excluding carboxylic acids is 1. The molecule has 1 amide bonds. The van der Waals surface area contributed by atoms with Gasteiger partial charge in [-0.25, -0.2) is 5.43 Å². The van der Waals surface area contributed by atoms with Gasteiger partial charge in [0.05, 0.1) is 6.21 Å². The second-order valence-corrected chi connectivity index (χ2v) is 6.16. The second-order valence-electron chi connectivity index (χ2n) is 6.16. The Morgan fingerprint density at radius 2 is 2.15 bits per heavy atom. The standard InChI is InChI=1S/C16H20N2O2/c1-16-9-3-2-4-13(16)14(16)15(20)18-17-10-11-5-7-12(19)8-6-11/h5-8,10,13-14,19H,2-4,9H2,1H3,(H,18,20)/b17-10+/t13-,14+,16+/m1/s1. The van der Waals surface area contributed by atoms with Gasteiger partial charge in [0.2, 0.25) is 5.91 Å². The van der Waals surface area contributed by atoms with Crippen LogP contribution in [-0.2, 0) is 4.79 Å². The molecule has 4 nitrogen and oxygen atoms in total. The summed E-state index contributed by atoms with van der Waals surface area (Å²) in [6, 6.07) is 6.70. The van der Waals surface area contributed by atoms with Gasteiger partial charge in [-0.2, -0.15) is 5.10 Å². The van der Waals surface area contributed by atoms with Crippen molar-refractivity contribution in [1.29, 1.82) is 0 Å². The molecule has 2 aliphatic rings. The zero-order chi connectivity index (χ0) is 14.2. The predicted octanol–water partition coefficient (Wildman–Crippen LogP) is 2.67. The Bertz CT molecular complexity index is 538. The van der Waals surface area contributed by atoms with Crippen molar-refractivity contribution in [3.8, 4) is 5.75 Å². The molecule has 4 heteroatoms. The molecule has 1 aromatic rings. The number of hydrogen-bond donors (Lipinski definition) is 2. The molecule has 0 aromatic heterocycles. The van der Waals surface area contributed by atoms with Crippen molar-refractivity contribution >= 4 is 12.1 Å². The average Bonchev–Trinajstić information content (AvgIpc) is 3.06. The molecule has 2 fully saturated rings. The third-order valence-electron chi connectivity index (χ3n) is 4.90. The summed E-state index contributed by atoms with van der Waals surface area (Å²) >= 11 is 0. The SMILES string of the molecule is C[C@]12CCCC[C@@H]1[C@H]2C(=O)N/N=C/c1ccc(O)cc1. The lowest BCUT2D eigenvalue weighted by molar-refractivity contribution is -0.123. The highest BCUT2D eigenvalue weighted by Crippen LogP contribution is 2.66. The van der Waals surface area contributed by atoms with E-state index in [1.807, 2.05) is 0 Å². The molecule has 2 N–H and O–H groups in total. The molecule has 0 spiro atoms. The quantitative estimate of drug-likeness (QED) is 0.656. The van der Waals surface area contributed by atoms with Crippen LogP contribution in [0.25, 0.3) is 0 Å². The fourth-order valence-electron chi connectivity index (χ4n) is 3.65. The van der Waals surface area contributed by atoms with Gasteiger partial charge in [-0.3, -0.25) is 4.79 Å². The highest BCUT2D eigenvalue weighted by atomic mass is 16.3. The Hall–Kier alpha value is -1.84. The minimum atomic E-state index is 0.0504. The number of benzene rings is 1. The van der Waals surface area contributed by atoms with Gasteiger partial charge in [-0.1, -0.05) is 19.8 Å². The minimum Gasteiger partial charge on any atom is -0.508 e. The highest BCUT2D eigenvalue weighted by molar-refractivity contribution is 5.85. The Balaban J connectivity index is 1.56. The van der Waals surface area contributed by atoms with Gasteiger partial charge in [0, 0.05) is 5.92 Å². The summed E-state index contributed by atoms with van der Waals surface area (Å²) in [5.74, 6) is 0.970. The fourth-order valence-corrected chi connectivity index (χ4v) is 3.65. The first-order valence-electron chi connectivity index (χ1n) is 7.23. The van der Waals surface area contributed by atoms with Crippen LogP contribution in [0.1, 0.15) is 38.2 Å². The number of aromatic hydroxyl groups is 1. The lowest BCUT2D eigenvalue weighted by atomic mass is 9.90. The number of fused-ring (bicyclic) bond motifs is 1. The number of hydrogen-bond acceptors (Lipinski definition) is 3. The molecule has 3 atom stereocenters. The van der Waals surface area contributed by atoms with Crippen LogP contribution in [0, 0.1) is 17.3 Å². The molecule has 0 heterocycles. The molecule has 2 aliphatic carbocycles. The van der Waals surface area contributed by atoms with Crippen molar-refractivity contribution in [2.75, 3.05) is 0 Å². The normalized spacial score (nSPS) is 31.9. The Morgan fingerprint density at radius 1 is 1.40 bits per heavy atom. The van der Waals surface area contributed by atoms with Crippen molar-refractivity contribution in [3.63, 3.8) is 0 Å². The van der Waals surface area contributed by atoms with Gasteiger partial charge < -0.3 is 5.11 Å². The van der Waals surface area contributed by atoms with Gasteiger partial charge in [0.1, 0.15) is 5.75 Å². The molecular formula is C16H20N2O2.